The second-order valence-corrected chi connectivity index (χ2v) is 11.5. The van der Waals surface area contributed by atoms with Crippen LogP contribution in [0.15, 0.2) is 52.4 Å². The van der Waals surface area contributed by atoms with E-state index in [0.717, 1.165) is 55.2 Å². The number of ether oxygens (including phenoxy) is 2. The van der Waals surface area contributed by atoms with E-state index in [-0.39, 0.29) is 23.5 Å². The van der Waals surface area contributed by atoms with E-state index in [4.69, 9.17) is 32.5 Å². The third-order valence-electron chi connectivity index (χ3n) is 8.47. The molecule has 2 saturated carbocycles. The summed E-state index contributed by atoms with van der Waals surface area (Å²) in [5.74, 6) is -1.01. The molecular weight excluding hydrogens is 510 g/mol. The minimum atomic E-state index is -0.507. The van der Waals surface area contributed by atoms with Crippen LogP contribution in [0, 0.1) is 11.6 Å². The van der Waals surface area contributed by atoms with Crippen molar-refractivity contribution in [1.29, 1.82) is 0 Å². The highest BCUT2D eigenvalue weighted by atomic mass is 35.5. The second kappa shape index (κ2) is 11.1. The maximum Gasteiger partial charge on any atom is 0.282 e. The predicted molar refractivity (Wildman–Crippen MR) is 145 cm³/mol. The van der Waals surface area contributed by atoms with Crippen molar-refractivity contribution in [2.45, 2.75) is 80.7 Å². The summed E-state index contributed by atoms with van der Waals surface area (Å²) in [7, 11) is 0. The van der Waals surface area contributed by atoms with Gasteiger partial charge in [-0.2, -0.15) is 0 Å². The number of nitrogens with two attached hydrogens (primary N) is 2. The van der Waals surface area contributed by atoms with Crippen molar-refractivity contribution in [3.05, 3.63) is 70.2 Å². The smallest absolute Gasteiger partial charge is 0.282 e. The van der Waals surface area contributed by atoms with Gasteiger partial charge in [0.2, 0.25) is 0 Å². The quantitative estimate of drug-likeness (QED) is 0.442. The molecule has 2 heterocycles. The van der Waals surface area contributed by atoms with Crippen LogP contribution in [-0.4, -0.2) is 37.3 Å². The monoisotopic (exact) mass is 544 g/mol. The Morgan fingerprint density at radius 1 is 0.763 bits per heavy atom. The average Bonchev–Trinajstić information content (AvgIpc) is 3.36. The molecule has 2 aliphatic carbocycles. The number of rotatable bonds is 8. The highest BCUT2D eigenvalue weighted by Crippen LogP contribution is 2.52. The third-order valence-corrected chi connectivity index (χ3v) is 8.73. The molecule has 0 spiro atoms. The van der Waals surface area contributed by atoms with Gasteiger partial charge in [0.05, 0.1) is 12.1 Å². The lowest BCUT2D eigenvalue weighted by molar-refractivity contribution is 0.208. The fraction of sp³-hybridized carbons (Fsp3) is 0.517. The van der Waals surface area contributed by atoms with Gasteiger partial charge in [0, 0.05) is 11.1 Å². The zero-order valence-corrected chi connectivity index (χ0v) is 22.2. The van der Waals surface area contributed by atoms with E-state index in [1.54, 1.807) is 0 Å². The molecule has 2 aromatic carbocycles. The normalized spacial score (nSPS) is 24.2. The van der Waals surface area contributed by atoms with E-state index in [0.29, 0.717) is 24.7 Å². The van der Waals surface area contributed by atoms with Crippen LogP contribution in [0.2, 0.25) is 5.02 Å². The Hall–Kier alpha value is -2.87. The van der Waals surface area contributed by atoms with Crippen LogP contribution in [0.1, 0.15) is 68.9 Å². The van der Waals surface area contributed by atoms with Crippen molar-refractivity contribution in [3.8, 4) is 0 Å². The lowest BCUT2D eigenvalue weighted by atomic mass is 9.62. The largest absolute Gasteiger partial charge is 0.463 e. The topological polar surface area (TPSA) is 95.2 Å². The summed E-state index contributed by atoms with van der Waals surface area (Å²) in [6.07, 6.45) is 9.69. The van der Waals surface area contributed by atoms with E-state index in [1.165, 1.54) is 37.0 Å². The number of aliphatic imine (C=N–C) groups is 2. The van der Waals surface area contributed by atoms with Crippen LogP contribution >= 0.6 is 11.6 Å². The molecule has 38 heavy (non-hydrogen) atoms. The van der Waals surface area contributed by atoms with Crippen molar-refractivity contribution in [2.75, 3.05) is 13.2 Å². The molecule has 0 amide bonds. The van der Waals surface area contributed by atoms with Crippen LogP contribution in [0.3, 0.4) is 0 Å². The molecule has 4 N–H and O–H groups in total. The van der Waals surface area contributed by atoms with Crippen molar-refractivity contribution < 1.29 is 18.3 Å². The van der Waals surface area contributed by atoms with Gasteiger partial charge in [0.15, 0.2) is 0 Å². The minimum Gasteiger partial charge on any atom is -0.463 e. The van der Waals surface area contributed by atoms with Crippen molar-refractivity contribution in [2.24, 2.45) is 21.5 Å². The molecule has 0 saturated heterocycles. The van der Waals surface area contributed by atoms with Crippen LogP contribution in [-0.2, 0) is 20.3 Å². The lowest BCUT2D eigenvalue weighted by Gasteiger charge is -2.43. The van der Waals surface area contributed by atoms with Gasteiger partial charge in [-0.25, -0.2) is 18.8 Å². The fourth-order valence-electron chi connectivity index (χ4n) is 5.84. The number of halogens is 3. The minimum absolute atomic E-state index is 0.0736. The Balaban J connectivity index is 0.000000155. The third kappa shape index (κ3) is 6.22. The van der Waals surface area contributed by atoms with Crippen molar-refractivity contribution >= 4 is 23.6 Å². The van der Waals surface area contributed by atoms with Gasteiger partial charge in [-0.15, -0.1) is 0 Å². The molecule has 2 fully saturated rings. The molecule has 2 aromatic rings. The maximum absolute atomic E-state index is 13.3. The number of amidine groups is 2. The number of benzene rings is 2. The SMILES string of the molecule is NC1=N[C@@H](CCC2(c3cc(F)cc(F)c3)CC2)CO1.NC1=N[C@@H](CCC2(c3ccc(Cl)cc3)CCC2)CO1. The van der Waals surface area contributed by atoms with E-state index in [2.05, 4.69) is 22.1 Å². The summed E-state index contributed by atoms with van der Waals surface area (Å²) in [4.78, 5) is 8.48. The summed E-state index contributed by atoms with van der Waals surface area (Å²) in [6.45, 7) is 1.15. The first kappa shape index (κ1) is 26.7. The van der Waals surface area contributed by atoms with Gasteiger partial charge in [-0.05, 0) is 97.6 Å². The molecule has 2 atom stereocenters. The van der Waals surface area contributed by atoms with Gasteiger partial charge >= 0.3 is 0 Å². The summed E-state index contributed by atoms with van der Waals surface area (Å²) in [6, 6.07) is 13.0. The first-order chi connectivity index (χ1) is 18.3. The first-order valence-electron chi connectivity index (χ1n) is 13.4. The van der Waals surface area contributed by atoms with Gasteiger partial charge in [-0.3, -0.25) is 0 Å². The van der Waals surface area contributed by atoms with E-state index in [1.807, 2.05) is 12.1 Å². The maximum atomic E-state index is 13.3. The number of nitrogens with zero attached hydrogens (tertiary/aromatic N) is 2. The van der Waals surface area contributed by atoms with Crippen LogP contribution in [0.5, 0.6) is 0 Å². The zero-order valence-electron chi connectivity index (χ0n) is 21.5. The summed E-state index contributed by atoms with van der Waals surface area (Å²) in [5, 5.41) is 0.805. The molecule has 6 nitrogen and oxygen atoms in total. The molecule has 0 aromatic heterocycles. The van der Waals surface area contributed by atoms with Crippen LogP contribution in [0.4, 0.5) is 8.78 Å². The number of hydrogen-bond acceptors (Lipinski definition) is 6. The molecule has 0 radical (unpaired) electrons. The number of hydrogen-bond donors (Lipinski definition) is 2. The summed E-state index contributed by atoms with van der Waals surface area (Å²) < 4.78 is 36.9. The van der Waals surface area contributed by atoms with Gasteiger partial charge in [-0.1, -0.05) is 30.2 Å². The molecule has 4 aliphatic rings. The summed E-state index contributed by atoms with van der Waals surface area (Å²) in [5.41, 5.74) is 13.4. The highest BCUT2D eigenvalue weighted by Gasteiger charge is 2.44. The zero-order chi connectivity index (χ0) is 26.8. The molecule has 0 unspecified atom stereocenters. The van der Waals surface area contributed by atoms with Crippen molar-refractivity contribution in [3.63, 3.8) is 0 Å². The Bertz CT molecular complexity index is 1180. The molecule has 6 rings (SSSR count). The molecule has 0 bridgehead atoms. The molecular formula is C29H35ClF2N4O2. The predicted octanol–water partition coefficient (Wildman–Crippen LogP) is 5.75. The Morgan fingerprint density at radius 3 is 1.66 bits per heavy atom. The molecule has 204 valence electrons. The molecule has 9 heteroatoms. The Labute approximate surface area is 227 Å². The van der Waals surface area contributed by atoms with Crippen LogP contribution in [0.25, 0.3) is 0 Å². The molecule has 2 aliphatic heterocycles. The van der Waals surface area contributed by atoms with E-state index in [9.17, 15) is 8.78 Å². The Kier molecular flexibility index (Phi) is 7.80. The van der Waals surface area contributed by atoms with E-state index < -0.39 is 11.6 Å². The summed E-state index contributed by atoms with van der Waals surface area (Å²) >= 11 is 5.97. The van der Waals surface area contributed by atoms with Crippen molar-refractivity contribution in [1.82, 2.24) is 0 Å². The fourth-order valence-corrected chi connectivity index (χ4v) is 5.96. The first-order valence-corrected chi connectivity index (χ1v) is 13.8. The highest BCUT2D eigenvalue weighted by molar-refractivity contribution is 6.30. The van der Waals surface area contributed by atoms with Gasteiger partial charge in [0.25, 0.3) is 12.0 Å². The average molecular weight is 545 g/mol. The van der Waals surface area contributed by atoms with Gasteiger partial charge in [0.1, 0.15) is 24.8 Å². The second-order valence-electron chi connectivity index (χ2n) is 11.0. The lowest BCUT2D eigenvalue weighted by Crippen LogP contribution is -2.35. The standard InChI is InChI=1S/C15H19ClN2O.C14H16F2N2O/c16-12-4-2-11(3-5-12)15(7-1-8-15)9-6-13-10-19-14(17)18-13;15-10-5-9(6-11(16)7-10)14(3-4-14)2-1-12-8-19-13(17)18-12/h2-5,13H,1,6-10H2,(H2,17,18);5-7,12H,1-4,8H2,(H2,17,18)/t13-;12-/m00/s1. The Morgan fingerprint density at radius 2 is 1.26 bits per heavy atom. The van der Waals surface area contributed by atoms with Crippen LogP contribution < -0.4 is 11.5 Å². The van der Waals surface area contributed by atoms with E-state index >= 15 is 0 Å². The van der Waals surface area contributed by atoms with Gasteiger partial charge < -0.3 is 20.9 Å².